The highest BCUT2D eigenvalue weighted by Gasteiger charge is 2.49. The zero-order valence-electron chi connectivity index (χ0n) is 19.9. The van der Waals surface area contributed by atoms with Gasteiger partial charge in [0.05, 0.1) is 6.61 Å². The summed E-state index contributed by atoms with van der Waals surface area (Å²) in [6, 6.07) is 0. The Bertz CT molecular complexity index is 650. The summed E-state index contributed by atoms with van der Waals surface area (Å²) in [5.74, 6) is 0.173. The molecule has 0 aromatic carbocycles. The molecule has 4 atom stereocenters. The van der Waals surface area contributed by atoms with Crippen molar-refractivity contribution in [3.8, 4) is 0 Å². The molecule has 30 heavy (non-hydrogen) atoms. The zero-order chi connectivity index (χ0) is 22.5. The first-order valence-electron chi connectivity index (χ1n) is 11.6. The SMILES string of the molecule is CC(=O)OC(CO)COC(=O)C[C@H](C)CCC1=C(C)CC[C@@H]2C(C)(C)CCC[C@@]12C. The van der Waals surface area contributed by atoms with Gasteiger partial charge in [0.2, 0.25) is 0 Å². The van der Waals surface area contributed by atoms with E-state index in [9.17, 15) is 14.7 Å². The second-order valence-corrected chi connectivity index (χ2v) is 10.6. The van der Waals surface area contributed by atoms with E-state index in [1.807, 2.05) is 0 Å². The van der Waals surface area contributed by atoms with Gasteiger partial charge in [-0.3, -0.25) is 9.59 Å². The molecule has 0 saturated heterocycles. The summed E-state index contributed by atoms with van der Waals surface area (Å²) >= 11 is 0. The van der Waals surface area contributed by atoms with E-state index in [0.29, 0.717) is 17.3 Å². The van der Waals surface area contributed by atoms with Crippen LogP contribution in [0.15, 0.2) is 11.1 Å². The lowest BCUT2D eigenvalue weighted by Crippen LogP contribution is -2.45. The lowest BCUT2D eigenvalue weighted by molar-refractivity contribution is -0.160. The number of esters is 2. The van der Waals surface area contributed by atoms with Crippen molar-refractivity contribution in [2.75, 3.05) is 13.2 Å². The van der Waals surface area contributed by atoms with Crippen LogP contribution in [0.25, 0.3) is 0 Å². The van der Waals surface area contributed by atoms with E-state index in [1.165, 1.54) is 39.0 Å². The van der Waals surface area contributed by atoms with Crippen molar-refractivity contribution in [3.05, 3.63) is 11.1 Å². The van der Waals surface area contributed by atoms with Gasteiger partial charge in [-0.15, -0.1) is 0 Å². The Morgan fingerprint density at radius 3 is 2.57 bits per heavy atom. The molecule has 0 radical (unpaired) electrons. The molecule has 2 aliphatic carbocycles. The molecule has 172 valence electrons. The molecule has 0 bridgehead atoms. The van der Waals surface area contributed by atoms with Gasteiger partial charge in [0.1, 0.15) is 6.61 Å². The molecule has 2 rings (SSSR count). The minimum atomic E-state index is -0.789. The largest absolute Gasteiger partial charge is 0.462 e. The quantitative estimate of drug-likeness (QED) is 0.408. The van der Waals surface area contributed by atoms with Crippen LogP contribution >= 0.6 is 0 Å². The van der Waals surface area contributed by atoms with Crippen LogP contribution in [0, 0.1) is 22.7 Å². The standard InChI is InChI=1S/C25H42O5/c1-17(14-23(28)29-16-20(15-26)30-19(3)27)8-10-21-18(2)9-11-22-24(4,5)12-7-13-25(21,22)6/h17,20,22,26H,7-16H2,1-6H3/t17-,20?,22-,25+/m1/s1. The van der Waals surface area contributed by atoms with Gasteiger partial charge in [-0.2, -0.15) is 0 Å². The average molecular weight is 423 g/mol. The Morgan fingerprint density at radius 1 is 1.23 bits per heavy atom. The second kappa shape index (κ2) is 10.3. The number of carbonyl (C=O) groups excluding carboxylic acids is 2. The summed E-state index contributed by atoms with van der Waals surface area (Å²) in [6.07, 6.45) is 7.98. The summed E-state index contributed by atoms with van der Waals surface area (Å²) in [5, 5.41) is 9.21. The van der Waals surface area contributed by atoms with Gasteiger partial charge in [-0.25, -0.2) is 0 Å². The van der Waals surface area contributed by atoms with Crippen LogP contribution in [0.4, 0.5) is 0 Å². The first kappa shape index (κ1) is 24.9. The summed E-state index contributed by atoms with van der Waals surface area (Å²) < 4.78 is 10.1. The minimum Gasteiger partial charge on any atom is -0.462 e. The molecule has 5 heteroatoms. The topological polar surface area (TPSA) is 72.8 Å². The third-order valence-corrected chi connectivity index (χ3v) is 7.61. The number of hydrogen-bond acceptors (Lipinski definition) is 5. The van der Waals surface area contributed by atoms with Gasteiger partial charge >= 0.3 is 11.9 Å². The smallest absolute Gasteiger partial charge is 0.306 e. The Balaban J connectivity index is 1.89. The van der Waals surface area contributed by atoms with Crippen molar-refractivity contribution < 1.29 is 24.2 Å². The number of fused-ring (bicyclic) bond motifs is 1. The lowest BCUT2D eigenvalue weighted by atomic mass is 9.50. The monoisotopic (exact) mass is 422 g/mol. The number of carbonyl (C=O) groups is 2. The van der Waals surface area contributed by atoms with E-state index in [-0.39, 0.29) is 25.1 Å². The highest BCUT2D eigenvalue weighted by atomic mass is 16.6. The van der Waals surface area contributed by atoms with E-state index in [4.69, 9.17) is 9.47 Å². The maximum Gasteiger partial charge on any atom is 0.306 e. The fourth-order valence-corrected chi connectivity index (χ4v) is 6.07. The van der Waals surface area contributed by atoms with Crippen LogP contribution in [0.2, 0.25) is 0 Å². The van der Waals surface area contributed by atoms with Crippen molar-refractivity contribution in [1.82, 2.24) is 0 Å². The Morgan fingerprint density at radius 2 is 1.93 bits per heavy atom. The zero-order valence-corrected chi connectivity index (χ0v) is 19.9. The highest BCUT2D eigenvalue weighted by Crippen LogP contribution is 2.60. The molecular formula is C25H42O5. The Labute approximate surface area is 182 Å². The Hall–Kier alpha value is -1.36. The van der Waals surface area contributed by atoms with Crippen LogP contribution in [0.1, 0.15) is 92.9 Å². The number of aliphatic hydroxyl groups excluding tert-OH is 1. The molecule has 2 aliphatic rings. The number of hydrogen-bond donors (Lipinski definition) is 1. The van der Waals surface area contributed by atoms with E-state index in [2.05, 4.69) is 34.6 Å². The van der Waals surface area contributed by atoms with Gasteiger partial charge in [0.15, 0.2) is 6.10 Å². The molecule has 0 spiro atoms. The molecular weight excluding hydrogens is 380 g/mol. The summed E-state index contributed by atoms with van der Waals surface area (Å²) in [7, 11) is 0. The van der Waals surface area contributed by atoms with Gasteiger partial charge in [0.25, 0.3) is 0 Å². The van der Waals surface area contributed by atoms with E-state index in [0.717, 1.165) is 18.8 Å². The lowest BCUT2D eigenvalue weighted by Gasteiger charge is -2.55. The van der Waals surface area contributed by atoms with Crippen molar-refractivity contribution in [2.24, 2.45) is 22.7 Å². The average Bonchev–Trinajstić information content (AvgIpc) is 2.63. The molecule has 0 heterocycles. The van der Waals surface area contributed by atoms with Crippen LogP contribution in [0.3, 0.4) is 0 Å². The molecule has 0 amide bonds. The van der Waals surface area contributed by atoms with Crippen LogP contribution in [0.5, 0.6) is 0 Å². The Kier molecular flexibility index (Phi) is 8.55. The van der Waals surface area contributed by atoms with Crippen LogP contribution in [-0.4, -0.2) is 36.4 Å². The molecule has 1 fully saturated rings. The van der Waals surface area contributed by atoms with Gasteiger partial charge in [-0.1, -0.05) is 45.3 Å². The molecule has 0 aromatic rings. The maximum absolute atomic E-state index is 12.2. The van der Waals surface area contributed by atoms with Crippen molar-refractivity contribution in [3.63, 3.8) is 0 Å². The normalized spacial score (nSPS) is 27.8. The summed E-state index contributed by atoms with van der Waals surface area (Å²) in [4.78, 5) is 23.2. The fraction of sp³-hybridized carbons (Fsp3) is 0.840. The first-order chi connectivity index (χ1) is 14.0. The second-order valence-electron chi connectivity index (χ2n) is 10.6. The van der Waals surface area contributed by atoms with E-state index >= 15 is 0 Å². The van der Waals surface area contributed by atoms with E-state index < -0.39 is 12.1 Å². The minimum absolute atomic E-state index is 0.0965. The van der Waals surface area contributed by atoms with Gasteiger partial charge in [0, 0.05) is 13.3 Å². The van der Waals surface area contributed by atoms with E-state index in [1.54, 1.807) is 11.1 Å². The predicted molar refractivity (Wildman–Crippen MR) is 118 cm³/mol. The molecule has 1 N–H and O–H groups in total. The van der Waals surface area contributed by atoms with Crippen LogP contribution < -0.4 is 0 Å². The number of allylic oxidation sites excluding steroid dienone is 2. The third kappa shape index (κ3) is 6.09. The number of aliphatic hydroxyl groups is 1. The van der Waals surface area contributed by atoms with Crippen molar-refractivity contribution in [1.29, 1.82) is 0 Å². The maximum atomic E-state index is 12.2. The summed E-state index contributed by atoms with van der Waals surface area (Å²) in [5.41, 5.74) is 3.90. The first-order valence-corrected chi connectivity index (χ1v) is 11.6. The fourth-order valence-electron chi connectivity index (χ4n) is 6.07. The molecule has 5 nitrogen and oxygen atoms in total. The summed E-state index contributed by atoms with van der Waals surface area (Å²) in [6.45, 7) is 12.6. The molecule has 1 unspecified atom stereocenters. The van der Waals surface area contributed by atoms with Crippen molar-refractivity contribution >= 4 is 11.9 Å². The third-order valence-electron chi connectivity index (χ3n) is 7.61. The predicted octanol–water partition coefficient (Wildman–Crippen LogP) is 5.20. The number of ether oxygens (including phenoxy) is 2. The molecule has 1 saturated carbocycles. The van der Waals surface area contributed by atoms with Gasteiger partial charge < -0.3 is 14.6 Å². The highest BCUT2D eigenvalue weighted by molar-refractivity contribution is 5.69. The molecule has 0 aliphatic heterocycles. The van der Waals surface area contributed by atoms with Crippen LogP contribution in [-0.2, 0) is 19.1 Å². The number of rotatable bonds is 9. The van der Waals surface area contributed by atoms with Crippen molar-refractivity contribution in [2.45, 2.75) is 99.0 Å². The molecule has 0 aromatic heterocycles. The van der Waals surface area contributed by atoms with Gasteiger partial charge in [-0.05, 0) is 68.1 Å².